The lowest BCUT2D eigenvalue weighted by molar-refractivity contribution is -0.200. The summed E-state index contributed by atoms with van der Waals surface area (Å²) >= 11 is 0. The van der Waals surface area contributed by atoms with Gasteiger partial charge in [-0.2, -0.15) is 13.2 Å². The molecule has 0 spiro atoms. The molecule has 0 radical (unpaired) electrons. The summed E-state index contributed by atoms with van der Waals surface area (Å²) in [5.74, 6) is -2.62. The molecule has 0 fully saturated rings. The summed E-state index contributed by atoms with van der Waals surface area (Å²) in [6.07, 6.45) is -4.06. The quantitative estimate of drug-likeness (QED) is 0.152. The molecule has 38 heavy (non-hydrogen) atoms. The molecule has 222 valence electrons. The number of aryl methyl sites for hydroxylation is 1. The topological polar surface area (TPSA) is 232 Å². The van der Waals surface area contributed by atoms with Crippen LogP contribution in [0.1, 0.15) is 43.4 Å². The van der Waals surface area contributed by atoms with Crippen molar-refractivity contribution in [3.05, 3.63) is 28.8 Å². The molecule has 0 bridgehead atoms. The van der Waals surface area contributed by atoms with Gasteiger partial charge in [-0.3, -0.25) is 0 Å². The molecule has 1 amide bonds. The predicted molar refractivity (Wildman–Crippen MR) is 136 cm³/mol. The molecule has 0 unspecified atom stereocenters. The molecule has 0 aliphatic carbocycles. The van der Waals surface area contributed by atoms with Crippen molar-refractivity contribution in [2.45, 2.75) is 57.7 Å². The van der Waals surface area contributed by atoms with Crippen LogP contribution < -0.4 is 28.0 Å². The first-order valence-corrected chi connectivity index (χ1v) is 11.5. The summed E-state index contributed by atoms with van der Waals surface area (Å²) in [7, 11) is 0. The maximum absolute atomic E-state index is 12.6. The smallest absolute Gasteiger partial charge is 0.463 e. The lowest BCUT2D eigenvalue weighted by Gasteiger charge is -2.25. The van der Waals surface area contributed by atoms with Gasteiger partial charge in [0.05, 0.1) is 31.0 Å². The number of nitrogens with two attached hydrogens (primary N) is 4. The van der Waals surface area contributed by atoms with E-state index in [4.69, 9.17) is 38.3 Å². The SMILES string of the molecule is C.NC(CO)(CO)CO.NCCCc1ccc(N(OC(=O)C(F)(F)F)C(=O)O)c(CCCN)c1CCCN. The van der Waals surface area contributed by atoms with Gasteiger partial charge >= 0.3 is 18.2 Å². The van der Waals surface area contributed by atoms with Crippen LogP contribution in [0.15, 0.2) is 12.1 Å². The molecule has 0 saturated carbocycles. The number of halogens is 3. The van der Waals surface area contributed by atoms with E-state index in [2.05, 4.69) is 4.84 Å². The van der Waals surface area contributed by atoms with Crippen LogP contribution in [-0.4, -0.2) is 83.7 Å². The minimum Gasteiger partial charge on any atom is -0.463 e. The molecule has 0 aromatic heterocycles. The van der Waals surface area contributed by atoms with Crippen molar-refractivity contribution in [2.75, 3.05) is 44.5 Å². The summed E-state index contributed by atoms with van der Waals surface area (Å²) < 4.78 is 37.8. The van der Waals surface area contributed by atoms with Crippen LogP contribution in [0.4, 0.5) is 23.7 Å². The zero-order chi connectivity index (χ0) is 28.6. The molecule has 12 nitrogen and oxygen atoms in total. The van der Waals surface area contributed by atoms with E-state index in [9.17, 15) is 27.9 Å². The van der Waals surface area contributed by atoms with Gasteiger partial charge in [0.25, 0.3) is 0 Å². The summed E-state index contributed by atoms with van der Waals surface area (Å²) in [4.78, 5) is 27.0. The zero-order valence-corrected chi connectivity index (χ0v) is 20.5. The van der Waals surface area contributed by atoms with Crippen LogP contribution in [0.25, 0.3) is 0 Å². The van der Waals surface area contributed by atoms with Gasteiger partial charge in [-0.05, 0) is 80.9 Å². The highest BCUT2D eigenvalue weighted by Crippen LogP contribution is 2.31. The van der Waals surface area contributed by atoms with Gasteiger partial charge in [0.15, 0.2) is 0 Å². The molecule has 0 heterocycles. The first-order valence-electron chi connectivity index (χ1n) is 11.5. The predicted octanol–water partition coefficient (Wildman–Crippen LogP) is 0.162. The van der Waals surface area contributed by atoms with Crippen LogP contribution in [0.3, 0.4) is 0 Å². The maximum atomic E-state index is 12.6. The number of amides is 1. The second-order valence-corrected chi connectivity index (χ2v) is 8.17. The summed E-state index contributed by atoms with van der Waals surface area (Å²) in [5, 5.41) is 34.4. The second kappa shape index (κ2) is 18.7. The van der Waals surface area contributed by atoms with Crippen molar-refractivity contribution in [1.82, 2.24) is 0 Å². The average molecular weight is 558 g/mol. The number of hydrogen-bond acceptors (Lipinski definition) is 10. The molecule has 15 heteroatoms. The fourth-order valence-electron chi connectivity index (χ4n) is 3.07. The number of carbonyl (C=O) groups is 2. The lowest BCUT2D eigenvalue weighted by Crippen LogP contribution is -2.50. The number of hydroxylamine groups is 1. The molecule has 1 aromatic carbocycles. The van der Waals surface area contributed by atoms with Crippen LogP contribution in [0.2, 0.25) is 0 Å². The summed E-state index contributed by atoms with van der Waals surface area (Å²) in [5.41, 5.74) is 22.7. The van der Waals surface area contributed by atoms with Gasteiger partial charge in [0, 0.05) is 0 Å². The first kappa shape index (κ1) is 37.6. The molecular weight excluding hydrogens is 515 g/mol. The molecule has 0 aliphatic heterocycles. The molecule has 0 atom stereocenters. The number of hydrogen-bond donors (Lipinski definition) is 8. The van der Waals surface area contributed by atoms with Gasteiger partial charge < -0.3 is 48.2 Å². The van der Waals surface area contributed by atoms with Crippen LogP contribution >= 0.6 is 0 Å². The number of benzene rings is 1. The number of aliphatic hydroxyl groups excluding tert-OH is 3. The second-order valence-electron chi connectivity index (χ2n) is 8.17. The Morgan fingerprint density at radius 3 is 1.66 bits per heavy atom. The molecule has 1 aromatic rings. The number of rotatable bonds is 13. The van der Waals surface area contributed by atoms with Crippen molar-refractivity contribution in [3.8, 4) is 0 Å². The van der Waals surface area contributed by atoms with Crippen molar-refractivity contribution >= 4 is 17.7 Å². The van der Waals surface area contributed by atoms with E-state index < -0.39 is 43.6 Å². The van der Waals surface area contributed by atoms with E-state index in [-0.39, 0.29) is 24.7 Å². The fraction of sp³-hybridized carbons (Fsp3) is 0.652. The summed E-state index contributed by atoms with van der Waals surface area (Å²) in [6, 6.07) is 2.95. The molecule has 1 rings (SSSR count). The van der Waals surface area contributed by atoms with E-state index in [1.54, 1.807) is 6.07 Å². The Morgan fingerprint density at radius 1 is 0.842 bits per heavy atom. The highest BCUT2D eigenvalue weighted by molar-refractivity contribution is 5.89. The Labute approximate surface area is 220 Å². The zero-order valence-electron chi connectivity index (χ0n) is 20.5. The Kier molecular flexibility index (Phi) is 18.5. The Morgan fingerprint density at radius 2 is 1.29 bits per heavy atom. The number of carboxylic acid groups (broad SMARTS) is 1. The van der Waals surface area contributed by atoms with E-state index in [0.717, 1.165) is 11.1 Å². The van der Waals surface area contributed by atoms with E-state index in [0.29, 0.717) is 57.2 Å². The Bertz CT molecular complexity index is 832. The highest BCUT2D eigenvalue weighted by Gasteiger charge is 2.44. The first-order chi connectivity index (χ1) is 17.3. The third kappa shape index (κ3) is 12.3. The highest BCUT2D eigenvalue weighted by atomic mass is 19.4. The fourth-order valence-corrected chi connectivity index (χ4v) is 3.07. The number of aliphatic hydroxyl groups is 3. The van der Waals surface area contributed by atoms with E-state index >= 15 is 0 Å². The van der Waals surface area contributed by atoms with Crippen LogP contribution in [0.5, 0.6) is 0 Å². The van der Waals surface area contributed by atoms with E-state index in [1.807, 2.05) is 0 Å². The number of carbonyl (C=O) groups excluding carboxylic acids is 1. The van der Waals surface area contributed by atoms with Gasteiger partial charge in [-0.15, -0.1) is 5.06 Å². The monoisotopic (exact) mass is 557 g/mol. The van der Waals surface area contributed by atoms with Gasteiger partial charge in [-0.1, -0.05) is 13.5 Å². The average Bonchev–Trinajstić information content (AvgIpc) is 2.87. The third-order valence-corrected chi connectivity index (χ3v) is 5.16. The standard InChI is InChI=1S/C18H27F3N4O4.C4H11NO3.CH4/c19-18(20,21)16(26)29-25(17(27)28)15-8-7-12(4-1-9-22)13(5-2-10-23)14(15)6-3-11-24;5-4(1-6,2-7)3-8;/h7-8H,1-6,9-11,22-24H2,(H,27,28);6-8H,1-3,5H2;1H4. The Balaban J connectivity index is 0. The summed E-state index contributed by atoms with van der Waals surface area (Å²) in [6.45, 7) is -0.0958. The van der Waals surface area contributed by atoms with Crippen molar-refractivity contribution in [1.29, 1.82) is 0 Å². The van der Waals surface area contributed by atoms with Crippen molar-refractivity contribution < 1.29 is 48.0 Å². The molecule has 0 saturated heterocycles. The number of nitrogens with zero attached hydrogens (tertiary/aromatic N) is 1. The number of alkyl halides is 3. The number of anilines is 1. The van der Waals surface area contributed by atoms with Crippen LogP contribution in [0, 0.1) is 0 Å². The van der Waals surface area contributed by atoms with Crippen molar-refractivity contribution in [2.24, 2.45) is 22.9 Å². The van der Waals surface area contributed by atoms with Gasteiger partial charge in [0.1, 0.15) is 0 Å². The largest absolute Gasteiger partial charge is 0.493 e. The maximum Gasteiger partial charge on any atom is 0.493 e. The minimum absolute atomic E-state index is 0. The third-order valence-electron chi connectivity index (χ3n) is 5.16. The molecule has 12 N–H and O–H groups in total. The normalized spacial score (nSPS) is 11.2. The molecular formula is C23H42F3N5O7. The molecule has 0 aliphatic rings. The van der Waals surface area contributed by atoms with Crippen LogP contribution in [-0.2, 0) is 28.9 Å². The van der Waals surface area contributed by atoms with E-state index in [1.165, 1.54) is 6.07 Å². The van der Waals surface area contributed by atoms with Gasteiger partial charge in [-0.25, -0.2) is 9.59 Å². The minimum atomic E-state index is -5.34. The Hall–Kier alpha value is -2.53. The lowest BCUT2D eigenvalue weighted by atomic mass is 9.90. The van der Waals surface area contributed by atoms with Crippen molar-refractivity contribution in [3.63, 3.8) is 0 Å². The van der Waals surface area contributed by atoms with Gasteiger partial charge in [0.2, 0.25) is 0 Å².